The molecule has 1 fully saturated rings. The fourth-order valence-corrected chi connectivity index (χ4v) is 1.93. The molecule has 0 saturated carbocycles. The maximum Gasteiger partial charge on any atom is 0.142 e. The number of hydrogen-bond acceptors (Lipinski definition) is 3. The van der Waals surface area contributed by atoms with Crippen LogP contribution in [0.3, 0.4) is 0 Å². The Labute approximate surface area is 96.7 Å². The molecule has 1 atom stereocenters. The van der Waals surface area contributed by atoms with E-state index in [1.54, 1.807) is 0 Å². The lowest BCUT2D eigenvalue weighted by Crippen LogP contribution is -2.16. The first kappa shape index (κ1) is 10.0. The lowest BCUT2D eigenvalue weighted by atomic mass is 10.3. The molecule has 1 heterocycles. The van der Waals surface area contributed by atoms with Crippen LogP contribution in [-0.4, -0.2) is 19.3 Å². The summed E-state index contributed by atoms with van der Waals surface area (Å²) in [5, 5.41) is 0. The third kappa shape index (κ3) is 2.30. The van der Waals surface area contributed by atoms with Crippen molar-refractivity contribution in [3.05, 3.63) is 21.8 Å². The molecule has 1 saturated heterocycles. The predicted octanol–water partition coefficient (Wildman–Crippen LogP) is 2.04. The van der Waals surface area contributed by atoms with Crippen molar-refractivity contribution in [2.24, 2.45) is 0 Å². The van der Waals surface area contributed by atoms with E-state index in [0.29, 0.717) is 12.3 Å². The Bertz CT molecular complexity index is 324. The molecule has 0 unspecified atom stereocenters. The summed E-state index contributed by atoms with van der Waals surface area (Å²) in [7, 11) is 0. The molecule has 4 heteroatoms. The van der Waals surface area contributed by atoms with Crippen LogP contribution in [0.5, 0.6) is 5.75 Å². The van der Waals surface area contributed by atoms with Gasteiger partial charge in [0.1, 0.15) is 11.9 Å². The lowest BCUT2D eigenvalue weighted by Gasteiger charge is -2.13. The van der Waals surface area contributed by atoms with E-state index in [1.165, 1.54) is 0 Å². The zero-order chi connectivity index (χ0) is 9.97. The molecule has 3 nitrogen and oxygen atoms in total. The van der Waals surface area contributed by atoms with Gasteiger partial charge in [-0.15, -0.1) is 0 Å². The van der Waals surface area contributed by atoms with Crippen LogP contribution in [0.25, 0.3) is 0 Å². The number of benzene rings is 1. The van der Waals surface area contributed by atoms with Crippen molar-refractivity contribution in [2.75, 3.05) is 18.9 Å². The molecule has 0 radical (unpaired) electrons. The third-order valence-electron chi connectivity index (χ3n) is 2.15. The van der Waals surface area contributed by atoms with E-state index >= 15 is 0 Å². The molecule has 0 bridgehead atoms. The van der Waals surface area contributed by atoms with Gasteiger partial charge in [0.15, 0.2) is 0 Å². The number of nitrogen functional groups attached to an aromatic ring is 1. The minimum atomic E-state index is 0.164. The Hall–Kier alpha value is -0.490. The number of hydrogen-bond donors (Lipinski definition) is 1. The van der Waals surface area contributed by atoms with Gasteiger partial charge < -0.3 is 15.2 Å². The molecule has 1 aliphatic heterocycles. The average molecular weight is 305 g/mol. The summed E-state index contributed by atoms with van der Waals surface area (Å²) in [5.74, 6) is 0.765. The second-order valence-electron chi connectivity index (χ2n) is 3.29. The van der Waals surface area contributed by atoms with Crippen molar-refractivity contribution < 1.29 is 9.47 Å². The molecule has 76 valence electrons. The molecule has 1 aliphatic rings. The highest BCUT2D eigenvalue weighted by molar-refractivity contribution is 14.1. The molecular weight excluding hydrogens is 293 g/mol. The Balaban J connectivity index is 2.08. The largest absolute Gasteiger partial charge is 0.486 e. The van der Waals surface area contributed by atoms with E-state index in [-0.39, 0.29) is 6.10 Å². The maximum absolute atomic E-state index is 5.83. The Kier molecular flexibility index (Phi) is 3.12. The Morgan fingerprint density at radius 2 is 2.36 bits per heavy atom. The molecule has 2 N–H and O–H groups in total. The van der Waals surface area contributed by atoms with Gasteiger partial charge in [-0.2, -0.15) is 0 Å². The predicted molar refractivity (Wildman–Crippen MR) is 63.4 cm³/mol. The summed E-state index contributed by atoms with van der Waals surface area (Å²) < 4.78 is 12.1. The molecule has 1 aromatic carbocycles. The van der Waals surface area contributed by atoms with Gasteiger partial charge in [-0.05, 0) is 40.8 Å². The Morgan fingerprint density at radius 3 is 3.00 bits per heavy atom. The summed E-state index contributed by atoms with van der Waals surface area (Å²) in [4.78, 5) is 0. The first-order valence-electron chi connectivity index (χ1n) is 4.55. The smallest absolute Gasteiger partial charge is 0.142 e. The molecule has 14 heavy (non-hydrogen) atoms. The van der Waals surface area contributed by atoms with Gasteiger partial charge >= 0.3 is 0 Å². The van der Waals surface area contributed by atoms with E-state index in [0.717, 1.165) is 22.3 Å². The van der Waals surface area contributed by atoms with Gasteiger partial charge in [0.25, 0.3) is 0 Å². The average Bonchev–Trinajstić information content (AvgIpc) is 2.62. The zero-order valence-corrected chi connectivity index (χ0v) is 9.86. The topological polar surface area (TPSA) is 44.5 Å². The van der Waals surface area contributed by atoms with Crippen molar-refractivity contribution in [2.45, 2.75) is 12.5 Å². The summed E-state index contributed by atoms with van der Waals surface area (Å²) in [6.45, 7) is 1.46. The standard InChI is InChI=1S/C10H12INO2/c11-7-1-2-10(9(12)5-7)14-8-3-4-13-6-8/h1-2,5,8H,3-4,6,12H2/t8-/m1/s1. The van der Waals surface area contributed by atoms with Crippen molar-refractivity contribution >= 4 is 28.3 Å². The van der Waals surface area contributed by atoms with E-state index in [9.17, 15) is 0 Å². The fourth-order valence-electron chi connectivity index (χ4n) is 1.41. The molecular formula is C10H12INO2. The van der Waals surface area contributed by atoms with E-state index in [2.05, 4.69) is 22.6 Å². The first-order valence-corrected chi connectivity index (χ1v) is 5.63. The van der Waals surface area contributed by atoms with Crippen molar-refractivity contribution in [1.29, 1.82) is 0 Å². The highest BCUT2D eigenvalue weighted by Gasteiger charge is 2.17. The van der Waals surface area contributed by atoms with Crippen molar-refractivity contribution in [3.63, 3.8) is 0 Å². The number of ether oxygens (including phenoxy) is 2. The summed E-state index contributed by atoms with van der Waals surface area (Å²) in [6.07, 6.45) is 1.11. The van der Waals surface area contributed by atoms with Crippen LogP contribution in [0.1, 0.15) is 6.42 Å². The van der Waals surface area contributed by atoms with Crippen LogP contribution in [-0.2, 0) is 4.74 Å². The second kappa shape index (κ2) is 4.35. The number of anilines is 1. The fraction of sp³-hybridized carbons (Fsp3) is 0.400. The van der Waals surface area contributed by atoms with Crippen LogP contribution >= 0.6 is 22.6 Å². The van der Waals surface area contributed by atoms with Crippen LogP contribution in [0.15, 0.2) is 18.2 Å². The highest BCUT2D eigenvalue weighted by atomic mass is 127. The van der Waals surface area contributed by atoms with Crippen LogP contribution in [0, 0.1) is 3.57 Å². The minimum Gasteiger partial charge on any atom is -0.486 e. The SMILES string of the molecule is Nc1cc(I)ccc1O[C@@H]1CCOC1. The monoisotopic (exact) mass is 305 g/mol. The van der Waals surface area contributed by atoms with Gasteiger partial charge in [-0.1, -0.05) is 0 Å². The van der Waals surface area contributed by atoms with Crippen molar-refractivity contribution in [1.82, 2.24) is 0 Å². The zero-order valence-electron chi connectivity index (χ0n) is 7.70. The number of halogens is 1. The van der Waals surface area contributed by atoms with Crippen LogP contribution < -0.4 is 10.5 Å². The van der Waals surface area contributed by atoms with Gasteiger partial charge in [0.05, 0.1) is 18.9 Å². The van der Waals surface area contributed by atoms with Crippen molar-refractivity contribution in [3.8, 4) is 5.75 Å². The highest BCUT2D eigenvalue weighted by Crippen LogP contribution is 2.25. The quantitative estimate of drug-likeness (QED) is 0.672. The molecule has 0 aromatic heterocycles. The van der Waals surface area contributed by atoms with Crippen LogP contribution in [0.4, 0.5) is 5.69 Å². The lowest BCUT2D eigenvalue weighted by molar-refractivity contribution is 0.142. The maximum atomic E-state index is 5.83. The normalized spacial score (nSPS) is 21.1. The first-order chi connectivity index (χ1) is 6.75. The van der Waals surface area contributed by atoms with Gasteiger partial charge in [0.2, 0.25) is 0 Å². The van der Waals surface area contributed by atoms with Gasteiger partial charge in [-0.25, -0.2) is 0 Å². The minimum absolute atomic E-state index is 0.164. The van der Waals surface area contributed by atoms with Crippen LogP contribution in [0.2, 0.25) is 0 Å². The summed E-state index contributed by atoms with van der Waals surface area (Å²) >= 11 is 2.23. The molecule has 0 aliphatic carbocycles. The number of nitrogens with two attached hydrogens (primary N) is 1. The third-order valence-corrected chi connectivity index (χ3v) is 2.82. The van der Waals surface area contributed by atoms with E-state index in [1.807, 2.05) is 18.2 Å². The van der Waals surface area contributed by atoms with Gasteiger partial charge in [-0.3, -0.25) is 0 Å². The molecule has 2 rings (SSSR count). The summed E-state index contributed by atoms with van der Waals surface area (Å²) in [5.41, 5.74) is 6.53. The van der Waals surface area contributed by atoms with E-state index < -0.39 is 0 Å². The number of rotatable bonds is 2. The molecule has 1 aromatic rings. The Morgan fingerprint density at radius 1 is 1.50 bits per heavy atom. The van der Waals surface area contributed by atoms with E-state index in [4.69, 9.17) is 15.2 Å². The van der Waals surface area contributed by atoms with Gasteiger partial charge in [0, 0.05) is 9.99 Å². The second-order valence-corrected chi connectivity index (χ2v) is 4.53. The molecule has 0 spiro atoms. The summed E-state index contributed by atoms with van der Waals surface area (Å²) in [6, 6.07) is 5.81. The molecule has 0 amide bonds.